The highest BCUT2D eigenvalue weighted by Crippen LogP contribution is 2.49. The van der Waals surface area contributed by atoms with E-state index in [-0.39, 0.29) is 23.5 Å². The third-order valence-corrected chi connectivity index (χ3v) is 6.61. The van der Waals surface area contributed by atoms with Crippen LogP contribution in [0.1, 0.15) is 55.6 Å². The Hall–Kier alpha value is -2.23. The molecule has 0 aliphatic heterocycles. The first kappa shape index (κ1) is 19.1. The zero-order chi connectivity index (χ0) is 19.5. The fraction of sp³-hybridized carbons (Fsp3) is 0.458. The van der Waals surface area contributed by atoms with Crippen LogP contribution in [-0.2, 0) is 4.79 Å². The van der Waals surface area contributed by atoms with Crippen LogP contribution in [0.3, 0.4) is 0 Å². The molecule has 2 fully saturated rings. The molecule has 1 N–H and O–H groups in total. The molecule has 2 aliphatic rings. The van der Waals surface area contributed by atoms with Gasteiger partial charge in [0.1, 0.15) is 11.6 Å². The molecule has 2 aromatic carbocycles. The number of nitrogens with one attached hydrogen (secondary N) is 1. The maximum atomic E-state index is 13.7. The van der Waals surface area contributed by atoms with Crippen LogP contribution in [0.25, 0.3) is 0 Å². The molecule has 2 aliphatic carbocycles. The predicted octanol–water partition coefficient (Wildman–Crippen LogP) is 5.43. The van der Waals surface area contributed by atoms with Crippen molar-refractivity contribution in [2.45, 2.75) is 44.4 Å². The van der Waals surface area contributed by atoms with E-state index in [1.807, 2.05) is 6.07 Å². The summed E-state index contributed by atoms with van der Waals surface area (Å²) in [5.74, 6) is 1.60. The van der Waals surface area contributed by atoms with Gasteiger partial charge < -0.3 is 5.32 Å². The van der Waals surface area contributed by atoms with Crippen molar-refractivity contribution >= 4 is 5.91 Å². The first-order chi connectivity index (χ1) is 13.6. The van der Waals surface area contributed by atoms with Crippen molar-refractivity contribution in [3.8, 4) is 0 Å². The molecule has 0 radical (unpaired) electrons. The average Bonchev–Trinajstić information content (AvgIpc) is 3.29. The highest BCUT2D eigenvalue weighted by molar-refractivity contribution is 5.76. The fourth-order valence-electron chi connectivity index (χ4n) is 5.24. The summed E-state index contributed by atoms with van der Waals surface area (Å²) in [5.41, 5.74) is 1.77. The third kappa shape index (κ3) is 4.43. The highest BCUT2D eigenvalue weighted by Gasteiger charge is 2.40. The number of fused-ring (bicyclic) bond motifs is 2. The number of halogens is 2. The number of rotatable bonds is 7. The van der Waals surface area contributed by atoms with E-state index in [1.54, 1.807) is 18.2 Å². The molecule has 2 nitrogen and oxygen atoms in total. The maximum Gasteiger partial charge on any atom is 0.220 e. The van der Waals surface area contributed by atoms with E-state index < -0.39 is 0 Å². The van der Waals surface area contributed by atoms with Gasteiger partial charge in [0.15, 0.2) is 0 Å². The van der Waals surface area contributed by atoms with Gasteiger partial charge in [-0.25, -0.2) is 8.78 Å². The lowest BCUT2D eigenvalue weighted by Gasteiger charge is -2.22. The van der Waals surface area contributed by atoms with Gasteiger partial charge >= 0.3 is 0 Å². The number of carbonyl (C=O) groups is 1. The van der Waals surface area contributed by atoms with E-state index in [9.17, 15) is 13.6 Å². The van der Waals surface area contributed by atoms with Crippen molar-refractivity contribution in [2.24, 2.45) is 17.8 Å². The van der Waals surface area contributed by atoms with Crippen molar-refractivity contribution in [2.75, 3.05) is 6.54 Å². The van der Waals surface area contributed by atoms with Gasteiger partial charge in [-0.1, -0.05) is 30.7 Å². The minimum Gasteiger partial charge on any atom is -0.356 e. The largest absolute Gasteiger partial charge is 0.356 e. The fourth-order valence-corrected chi connectivity index (χ4v) is 5.24. The summed E-state index contributed by atoms with van der Waals surface area (Å²) >= 11 is 0. The van der Waals surface area contributed by atoms with Crippen molar-refractivity contribution in [3.05, 3.63) is 71.3 Å². The normalized spacial score (nSPS) is 24.3. The smallest absolute Gasteiger partial charge is 0.220 e. The van der Waals surface area contributed by atoms with Gasteiger partial charge in [-0.05, 0) is 78.8 Å². The molecular weight excluding hydrogens is 356 g/mol. The standard InChI is InChI=1S/C24H27F2NO/c25-21-8-6-17(7-9-21)23(19-2-1-3-22(26)14-19)10-11-27-24(28)15-20-13-16-4-5-18(20)12-16/h1-3,6-9,14,16,18,20,23H,4-5,10-13,15H2,(H,27,28). The van der Waals surface area contributed by atoms with E-state index >= 15 is 0 Å². The Labute approximate surface area is 165 Å². The Balaban J connectivity index is 1.37. The lowest BCUT2D eigenvalue weighted by Crippen LogP contribution is -2.29. The summed E-state index contributed by atoms with van der Waals surface area (Å²) in [6.07, 6.45) is 6.42. The Kier molecular flexibility index (Phi) is 5.74. The first-order valence-electron chi connectivity index (χ1n) is 10.4. The second-order valence-electron chi connectivity index (χ2n) is 8.44. The minimum atomic E-state index is -0.291. The lowest BCUT2D eigenvalue weighted by molar-refractivity contribution is -0.122. The quantitative estimate of drug-likeness (QED) is 0.679. The van der Waals surface area contributed by atoms with E-state index in [1.165, 1.54) is 49.9 Å². The van der Waals surface area contributed by atoms with Gasteiger partial charge in [-0.3, -0.25) is 4.79 Å². The van der Waals surface area contributed by atoms with Crippen LogP contribution in [0.5, 0.6) is 0 Å². The van der Waals surface area contributed by atoms with E-state index in [0.717, 1.165) is 23.0 Å². The van der Waals surface area contributed by atoms with E-state index in [0.29, 0.717) is 25.3 Å². The summed E-state index contributed by atoms with van der Waals surface area (Å²) in [5, 5.41) is 3.06. The second-order valence-corrected chi connectivity index (χ2v) is 8.44. The number of benzene rings is 2. The molecule has 28 heavy (non-hydrogen) atoms. The second kappa shape index (κ2) is 8.42. The molecule has 0 spiro atoms. The first-order valence-corrected chi connectivity index (χ1v) is 10.4. The van der Waals surface area contributed by atoms with Gasteiger partial charge in [0.25, 0.3) is 0 Å². The zero-order valence-electron chi connectivity index (χ0n) is 16.0. The van der Waals surface area contributed by atoms with Gasteiger partial charge in [-0.2, -0.15) is 0 Å². The van der Waals surface area contributed by atoms with Gasteiger partial charge in [0.2, 0.25) is 5.91 Å². The van der Waals surface area contributed by atoms with Gasteiger partial charge in [0.05, 0.1) is 0 Å². The number of amides is 1. The SMILES string of the molecule is O=C(CC1CC2CCC1C2)NCCC(c1ccc(F)cc1)c1cccc(F)c1. The molecule has 2 bridgehead atoms. The van der Waals surface area contributed by atoms with Gasteiger partial charge in [0, 0.05) is 18.9 Å². The van der Waals surface area contributed by atoms with Crippen LogP contribution in [0, 0.1) is 29.4 Å². The molecule has 0 aromatic heterocycles. The molecule has 4 atom stereocenters. The number of carbonyl (C=O) groups excluding carboxylic acids is 1. The highest BCUT2D eigenvalue weighted by atomic mass is 19.1. The maximum absolute atomic E-state index is 13.7. The number of hydrogen-bond acceptors (Lipinski definition) is 1. The van der Waals surface area contributed by atoms with Crippen LogP contribution < -0.4 is 5.32 Å². The van der Waals surface area contributed by atoms with Crippen LogP contribution in [0.15, 0.2) is 48.5 Å². The van der Waals surface area contributed by atoms with Crippen LogP contribution in [0.4, 0.5) is 8.78 Å². The molecule has 0 heterocycles. The Morgan fingerprint density at radius 1 is 1.00 bits per heavy atom. The third-order valence-electron chi connectivity index (χ3n) is 6.61. The van der Waals surface area contributed by atoms with E-state index in [2.05, 4.69) is 5.32 Å². The molecule has 148 valence electrons. The summed E-state index contributed by atoms with van der Waals surface area (Å²) in [6, 6.07) is 12.8. The van der Waals surface area contributed by atoms with Crippen LogP contribution in [0.2, 0.25) is 0 Å². The molecule has 4 rings (SSSR count). The minimum absolute atomic E-state index is 0.0842. The molecule has 2 aromatic rings. The number of hydrogen-bond donors (Lipinski definition) is 1. The van der Waals surface area contributed by atoms with Crippen LogP contribution >= 0.6 is 0 Å². The van der Waals surface area contributed by atoms with Crippen molar-refractivity contribution in [3.63, 3.8) is 0 Å². The summed E-state index contributed by atoms with van der Waals surface area (Å²) in [7, 11) is 0. The topological polar surface area (TPSA) is 29.1 Å². The van der Waals surface area contributed by atoms with Crippen molar-refractivity contribution in [1.29, 1.82) is 0 Å². The molecule has 0 saturated heterocycles. The van der Waals surface area contributed by atoms with Crippen molar-refractivity contribution in [1.82, 2.24) is 5.32 Å². The van der Waals surface area contributed by atoms with Crippen LogP contribution in [-0.4, -0.2) is 12.5 Å². The summed E-state index contributed by atoms with van der Waals surface area (Å²) in [6.45, 7) is 0.526. The Bertz CT molecular complexity index is 820. The zero-order valence-corrected chi connectivity index (χ0v) is 16.0. The molecule has 1 amide bonds. The molecule has 4 unspecified atom stereocenters. The molecule has 2 saturated carbocycles. The predicted molar refractivity (Wildman–Crippen MR) is 106 cm³/mol. The lowest BCUT2D eigenvalue weighted by atomic mass is 9.86. The summed E-state index contributed by atoms with van der Waals surface area (Å²) < 4.78 is 27.0. The summed E-state index contributed by atoms with van der Waals surface area (Å²) in [4.78, 5) is 12.4. The molecule has 4 heteroatoms. The molecular formula is C24H27F2NO. The van der Waals surface area contributed by atoms with Crippen molar-refractivity contribution < 1.29 is 13.6 Å². The van der Waals surface area contributed by atoms with E-state index in [4.69, 9.17) is 0 Å². The Morgan fingerprint density at radius 3 is 2.50 bits per heavy atom. The average molecular weight is 383 g/mol. The Morgan fingerprint density at radius 2 is 1.82 bits per heavy atom. The monoisotopic (exact) mass is 383 g/mol. The van der Waals surface area contributed by atoms with Gasteiger partial charge in [-0.15, -0.1) is 0 Å².